The fourth-order valence-electron chi connectivity index (χ4n) is 1.88. The zero-order chi connectivity index (χ0) is 12.8. The number of rotatable bonds is 6. The summed E-state index contributed by atoms with van der Waals surface area (Å²) in [5, 5.41) is 0. The summed E-state index contributed by atoms with van der Waals surface area (Å²) < 4.78 is 10.7. The molecule has 0 heterocycles. The molecular formula is C13H21NO2S. The smallest absolute Gasteiger partial charge is 0.130 e. The van der Waals surface area contributed by atoms with Crippen molar-refractivity contribution in [2.45, 2.75) is 19.4 Å². The fourth-order valence-corrected chi connectivity index (χ4v) is 2.37. The molecule has 0 bridgehead atoms. The van der Waals surface area contributed by atoms with Gasteiger partial charge >= 0.3 is 0 Å². The first-order chi connectivity index (χ1) is 8.15. The van der Waals surface area contributed by atoms with E-state index in [1.807, 2.05) is 19.1 Å². The summed E-state index contributed by atoms with van der Waals surface area (Å²) in [5.41, 5.74) is 8.25. The zero-order valence-electron chi connectivity index (χ0n) is 10.9. The van der Waals surface area contributed by atoms with Crippen molar-refractivity contribution in [1.29, 1.82) is 0 Å². The van der Waals surface area contributed by atoms with Crippen LogP contribution in [0.15, 0.2) is 12.1 Å². The average Bonchev–Trinajstić information content (AvgIpc) is 2.35. The van der Waals surface area contributed by atoms with E-state index in [0.717, 1.165) is 34.8 Å². The molecule has 2 N–H and O–H groups in total. The lowest BCUT2D eigenvalue weighted by Gasteiger charge is -2.18. The first-order valence-electron chi connectivity index (χ1n) is 5.61. The minimum Gasteiger partial charge on any atom is -0.496 e. The summed E-state index contributed by atoms with van der Waals surface area (Å²) in [6, 6.07) is 3.96. The molecule has 0 fully saturated rings. The molecule has 0 aromatic heterocycles. The lowest BCUT2D eigenvalue weighted by Crippen LogP contribution is -2.13. The highest BCUT2D eigenvalue weighted by atomic mass is 32.2. The topological polar surface area (TPSA) is 44.5 Å². The van der Waals surface area contributed by atoms with E-state index in [1.165, 1.54) is 0 Å². The standard InChI is InChI=1S/C13H21NO2S/c1-9-12(15-2)6-5-10(13(9)16-3)11(14)7-8-17-4/h5-6,11H,7-8,14H2,1-4H3. The Kier molecular flexibility index (Phi) is 5.65. The van der Waals surface area contributed by atoms with E-state index in [4.69, 9.17) is 15.2 Å². The minimum atomic E-state index is 0.0157. The zero-order valence-corrected chi connectivity index (χ0v) is 11.8. The number of methoxy groups -OCH3 is 2. The largest absolute Gasteiger partial charge is 0.496 e. The van der Waals surface area contributed by atoms with Crippen LogP contribution in [0.1, 0.15) is 23.6 Å². The molecule has 1 aromatic carbocycles. The molecule has 0 amide bonds. The van der Waals surface area contributed by atoms with Gasteiger partial charge in [-0.3, -0.25) is 0 Å². The lowest BCUT2D eigenvalue weighted by atomic mass is 10.0. The van der Waals surface area contributed by atoms with Crippen molar-refractivity contribution in [3.63, 3.8) is 0 Å². The molecule has 3 nitrogen and oxygen atoms in total. The summed E-state index contributed by atoms with van der Waals surface area (Å²) in [5.74, 6) is 2.73. The summed E-state index contributed by atoms with van der Waals surface area (Å²) in [4.78, 5) is 0. The van der Waals surface area contributed by atoms with Crippen LogP contribution in [0.5, 0.6) is 11.5 Å². The molecule has 17 heavy (non-hydrogen) atoms. The van der Waals surface area contributed by atoms with Gasteiger partial charge in [-0.2, -0.15) is 11.8 Å². The number of hydrogen-bond acceptors (Lipinski definition) is 4. The Bertz CT molecular complexity index is 369. The second kappa shape index (κ2) is 6.77. The summed E-state index contributed by atoms with van der Waals surface area (Å²) in [7, 11) is 3.33. The van der Waals surface area contributed by atoms with E-state index in [0.29, 0.717) is 0 Å². The molecule has 1 rings (SSSR count). The Morgan fingerprint density at radius 2 is 2.00 bits per heavy atom. The monoisotopic (exact) mass is 255 g/mol. The first-order valence-corrected chi connectivity index (χ1v) is 7.01. The van der Waals surface area contributed by atoms with Crippen LogP contribution >= 0.6 is 11.8 Å². The maximum atomic E-state index is 6.18. The Hall–Kier alpha value is -0.870. The predicted molar refractivity (Wildman–Crippen MR) is 74.2 cm³/mol. The maximum absolute atomic E-state index is 6.18. The van der Waals surface area contributed by atoms with Crippen LogP contribution in [0.3, 0.4) is 0 Å². The van der Waals surface area contributed by atoms with E-state index >= 15 is 0 Å². The van der Waals surface area contributed by atoms with Crippen LogP contribution in [-0.2, 0) is 0 Å². The maximum Gasteiger partial charge on any atom is 0.130 e. The van der Waals surface area contributed by atoms with Crippen LogP contribution in [-0.4, -0.2) is 26.2 Å². The number of hydrogen-bond donors (Lipinski definition) is 1. The second-order valence-electron chi connectivity index (χ2n) is 3.90. The van der Waals surface area contributed by atoms with Crippen LogP contribution in [0.2, 0.25) is 0 Å². The van der Waals surface area contributed by atoms with Crippen molar-refractivity contribution < 1.29 is 9.47 Å². The molecule has 1 unspecified atom stereocenters. The van der Waals surface area contributed by atoms with Crippen molar-refractivity contribution in [1.82, 2.24) is 0 Å². The van der Waals surface area contributed by atoms with E-state index in [-0.39, 0.29) is 6.04 Å². The van der Waals surface area contributed by atoms with Gasteiger partial charge in [-0.25, -0.2) is 0 Å². The number of ether oxygens (including phenoxy) is 2. The van der Waals surface area contributed by atoms with Crippen LogP contribution in [0.25, 0.3) is 0 Å². The van der Waals surface area contributed by atoms with Gasteiger partial charge in [0.1, 0.15) is 11.5 Å². The fraction of sp³-hybridized carbons (Fsp3) is 0.538. The van der Waals surface area contributed by atoms with Crippen molar-refractivity contribution >= 4 is 11.8 Å². The Labute approximate surface area is 108 Å². The van der Waals surface area contributed by atoms with E-state index < -0.39 is 0 Å². The molecule has 0 aliphatic heterocycles. The third-order valence-corrected chi connectivity index (χ3v) is 3.49. The summed E-state index contributed by atoms with van der Waals surface area (Å²) >= 11 is 1.80. The molecule has 0 saturated carbocycles. The van der Waals surface area contributed by atoms with E-state index in [1.54, 1.807) is 26.0 Å². The van der Waals surface area contributed by atoms with Gasteiger partial charge in [0.25, 0.3) is 0 Å². The van der Waals surface area contributed by atoms with Gasteiger partial charge in [0.2, 0.25) is 0 Å². The molecule has 1 atom stereocenters. The molecule has 4 heteroatoms. The Balaban J connectivity index is 3.03. The Morgan fingerprint density at radius 3 is 2.53 bits per heavy atom. The number of benzene rings is 1. The second-order valence-corrected chi connectivity index (χ2v) is 4.89. The Morgan fingerprint density at radius 1 is 1.29 bits per heavy atom. The van der Waals surface area contributed by atoms with Gasteiger partial charge < -0.3 is 15.2 Å². The third kappa shape index (κ3) is 3.30. The van der Waals surface area contributed by atoms with Crippen LogP contribution in [0, 0.1) is 6.92 Å². The summed E-state index contributed by atoms with van der Waals surface area (Å²) in [6.07, 6.45) is 3.03. The van der Waals surface area contributed by atoms with Gasteiger partial charge in [-0.1, -0.05) is 6.07 Å². The SMILES string of the molecule is COc1ccc(C(N)CCSC)c(OC)c1C. The van der Waals surface area contributed by atoms with Gasteiger partial charge in [-0.15, -0.1) is 0 Å². The van der Waals surface area contributed by atoms with Gasteiger partial charge in [0.05, 0.1) is 14.2 Å². The quantitative estimate of drug-likeness (QED) is 0.849. The minimum absolute atomic E-state index is 0.0157. The molecule has 0 aliphatic rings. The third-order valence-electron chi connectivity index (χ3n) is 2.84. The molecule has 0 saturated heterocycles. The van der Waals surface area contributed by atoms with Gasteiger partial charge in [0, 0.05) is 17.2 Å². The van der Waals surface area contributed by atoms with E-state index in [2.05, 4.69) is 6.26 Å². The van der Waals surface area contributed by atoms with Crippen molar-refractivity contribution in [2.75, 3.05) is 26.2 Å². The molecular weight excluding hydrogens is 234 g/mol. The van der Waals surface area contributed by atoms with Crippen molar-refractivity contribution in [3.05, 3.63) is 23.3 Å². The molecule has 0 aliphatic carbocycles. The first kappa shape index (κ1) is 14.2. The normalized spacial score (nSPS) is 12.3. The average molecular weight is 255 g/mol. The lowest BCUT2D eigenvalue weighted by molar-refractivity contribution is 0.382. The van der Waals surface area contributed by atoms with Gasteiger partial charge in [-0.05, 0) is 31.4 Å². The molecule has 0 radical (unpaired) electrons. The molecule has 96 valence electrons. The highest BCUT2D eigenvalue weighted by molar-refractivity contribution is 7.98. The van der Waals surface area contributed by atoms with Crippen molar-refractivity contribution in [3.8, 4) is 11.5 Å². The highest BCUT2D eigenvalue weighted by Crippen LogP contribution is 2.35. The predicted octanol–water partition coefficient (Wildman–Crippen LogP) is 2.77. The summed E-state index contributed by atoms with van der Waals surface area (Å²) in [6.45, 7) is 1.99. The van der Waals surface area contributed by atoms with E-state index in [9.17, 15) is 0 Å². The highest BCUT2D eigenvalue weighted by Gasteiger charge is 2.16. The van der Waals surface area contributed by atoms with Crippen LogP contribution < -0.4 is 15.2 Å². The molecule has 0 spiro atoms. The van der Waals surface area contributed by atoms with Gasteiger partial charge in [0.15, 0.2) is 0 Å². The number of nitrogens with two attached hydrogens (primary N) is 1. The number of thioether (sulfide) groups is 1. The molecule has 1 aromatic rings. The van der Waals surface area contributed by atoms with Crippen molar-refractivity contribution in [2.24, 2.45) is 5.73 Å². The van der Waals surface area contributed by atoms with Crippen LogP contribution in [0.4, 0.5) is 0 Å².